The molecule has 29 heavy (non-hydrogen) atoms. The van der Waals surface area contributed by atoms with E-state index in [2.05, 4.69) is 0 Å². The fourth-order valence-electron chi connectivity index (χ4n) is 3.84. The number of carbonyl (C=O) groups is 1. The van der Waals surface area contributed by atoms with E-state index in [1.54, 1.807) is 34.9 Å². The van der Waals surface area contributed by atoms with Crippen molar-refractivity contribution in [2.45, 2.75) is 13.0 Å². The summed E-state index contributed by atoms with van der Waals surface area (Å²) in [6, 6.07) is 8.49. The fourth-order valence-corrected chi connectivity index (χ4v) is 3.84. The first-order valence-electron chi connectivity index (χ1n) is 8.99. The van der Waals surface area contributed by atoms with Gasteiger partial charge in [0.1, 0.15) is 0 Å². The topological polar surface area (TPSA) is 110 Å². The Kier molecular flexibility index (Phi) is 5.55. The first-order chi connectivity index (χ1) is 13.5. The summed E-state index contributed by atoms with van der Waals surface area (Å²) >= 11 is 0. The molecule has 8 heteroatoms. The van der Waals surface area contributed by atoms with E-state index in [9.17, 15) is 9.59 Å². The number of halogens is 1. The lowest BCUT2D eigenvalue weighted by Gasteiger charge is -2.16. The standard InChI is InChI=1S/C21H21N3O4.ClH/c1-27-16-9-13-15(10-17(16)28-2)21(26)24(7-3-6-22)19-12-5-4-11(23)8-14(12)20(25)18(13)19;/h4-5,8-10H,3,6-7,22-23H2,1-2H3;1H. The van der Waals surface area contributed by atoms with E-state index in [-0.39, 0.29) is 23.7 Å². The smallest absolute Gasteiger partial charge is 0.259 e. The SMILES string of the molecule is COc1cc2c3c(n(CCCN)c(=O)c2cc1OC)-c1ccc(N)cc1C3=O.Cl. The highest BCUT2D eigenvalue weighted by atomic mass is 35.5. The number of ketones is 1. The third-order valence-corrected chi connectivity index (χ3v) is 5.13. The lowest BCUT2D eigenvalue weighted by molar-refractivity contribution is 0.104. The molecule has 0 saturated heterocycles. The Labute approximate surface area is 173 Å². The molecule has 1 aromatic heterocycles. The van der Waals surface area contributed by atoms with Gasteiger partial charge in [-0.3, -0.25) is 9.59 Å². The number of nitrogens with zero attached hydrogens (tertiary/aromatic N) is 1. The minimum Gasteiger partial charge on any atom is -0.493 e. The zero-order valence-corrected chi connectivity index (χ0v) is 17.0. The first-order valence-corrected chi connectivity index (χ1v) is 8.99. The molecule has 0 radical (unpaired) electrons. The van der Waals surface area contributed by atoms with Gasteiger partial charge in [0.2, 0.25) is 0 Å². The molecule has 4 rings (SSSR count). The van der Waals surface area contributed by atoms with Crippen LogP contribution < -0.4 is 26.5 Å². The van der Waals surface area contributed by atoms with Crippen molar-refractivity contribution in [2.75, 3.05) is 26.5 Å². The average molecular weight is 416 g/mol. The van der Waals surface area contributed by atoms with Crippen LogP contribution >= 0.6 is 12.4 Å². The van der Waals surface area contributed by atoms with Crippen molar-refractivity contribution < 1.29 is 14.3 Å². The molecule has 7 nitrogen and oxygen atoms in total. The predicted octanol–water partition coefficient (Wildman–Crippen LogP) is 2.58. The summed E-state index contributed by atoms with van der Waals surface area (Å²) in [6.07, 6.45) is 0.615. The largest absolute Gasteiger partial charge is 0.493 e. The van der Waals surface area contributed by atoms with Gasteiger partial charge in [-0.05, 0) is 37.2 Å². The van der Waals surface area contributed by atoms with Crippen molar-refractivity contribution in [1.82, 2.24) is 4.57 Å². The van der Waals surface area contributed by atoms with Crippen molar-refractivity contribution >= 4 is 34.7 Å². The minimum atomic E-state index is -0.194. The maximum absolute atomic E-state index is 13.3. The van der Waals surface area contributed by atoms with Crippen LogP contribution in [0.15, 0.2) is 35.1 Å². The molecule has 1 heterocycles. The molecule has 0 bridgehead atoms. The van der Waals surface area contributed by atoms with E-state index in [1.807, 2.05) is 0 Å². The van der Waals surface area contributed by atoms with Gasteiger partial charge in [-0.1, -0.05) is 6.07 Å². The number of nitrogens with two attached hydrogens (primary N) is 2. The minimum absolute atomic E-state index is 0. The summed E-state index contributed by atoms with van der Waals surface area (Å²) in [4.78, 5) is 26.6. The number of anilines is 1. The summed E-state index contributed by atoms with van der Waals surface area (Å²) in [5.41, 5.74) is 14.2. The van der Waals surface area contributed by atoms with Crippen LogP contribution in [-0.4, -0.2) is 31.1 Å². The molecule has 2 aromatic carbocycles. The van der Waals surface area contributed by atoms with Gasteiger partial charge in [0.05, 0.1) is 30.9 Å². The highest BCUT2D eigenvalue weighted by Gasteiger charge is 2.33. The molecule has 0 atom stereocenters. The summed E-state index contributed by atoms with van der Waals surface area (Å²) in [7, 11) is 3.03. The summed E-state index contributed by atoms with van der Waals surface area (Å²) < 4.78 is 12.4. The van der Waals surface area contributed by atoms with Gasteiger partial charge in [0.25, 0.3) is 5.56 Å². The molecule has 0 spiro atoms. The number of hydrogen-bond acceptors (Lipinski definition) is 6. The number of ether oxygens (including phenoxy) is 2. The molecule has 0 fully saturated rings. The number of aromatic nitrogens is 1. The van der Waals surface area contributed by atoms with Crippen LogP contribution in [0.1, 0.15) is 22.3 Å². The Balaban J connectivity index is 0.00000240. The maximum Gasteiger partial charge on any atom is 0.259 e. The van der Waals surface area contributed by atoms with Crippen molar-refractivity contribution in [1.29, 1.82) is 0 Å². The maximum atomic E-state index is 13.3. The van der Waals surface area contributed by atoms with Gasteiger partial charge < -0.3 is 25.5 Å². The number of fused-ring (bicyclic) bond motifs is 5. The van der Waals surface area contributed by atoms with Crippen LogP contribution in [0.3, 0.4) is 0 Å². The van der Waals surface area contributed by atoms with Gasteiger partial charge >= 0.3 is 0 Å². The highest BCUT2D eigenvalue weighted by molar-refractivity contribution is 6.27. The Bertz CT molecular complexity index is 1190. The third-order valence-electron chi connectivity index (χ3n) is 5.13. The molecule has 3 aromatic rings. The number of nitrogen functional groups attached to an aromatic ring is 1. The van der Waals surface area contributed by atoms with Crippen molar-refractivity contribution in [2.24, 2.45) is 5.73 Å². The fraction of sp³-hybridized carbons (Fsp3) is 0.238. The van der Waals surface area contributed by atoms with Crippen LogP contribution in [-0.2, 0) is 6.54 Å². The second-order valence-electron chi connectivity index (χ2n) is 6.71. The Morgan fingerprint density at radius 1 is 0.966 bits per heavy atom. The van der Waals surface area contributed by atoms with E-state index < -0.39 is 0 Å². The third kappa shape index (κ3) is 3.03. The lowest BCUT2D eigenvalue weighted by Crippen LogP contribution is -2.24. The quantitative estimate of drug-likeness (QED) is 0.485. The monoisotopic (exact) mass is 415 g/mol. The Morgan fingerprint density at radius 3 is 2.24 bits per heavy atom. The first kappa shape index (κ1) is 20.7. The lowest BCUT2D eigenvalue weighted by atomic mass is 10.0. The van der Waals surface area contributed by atoms with Crippen molar-refractivity contribution in [3.05, 3.63) is 51.8 Å². The van der Waals surface area contributed by atoms with Crippen molar-refractivity contribution in [3.8, 4) is 22.8 Å². The van der Waals surface area contributed by atoms with E-state index in [4.69, 9.17) is 20.9 Å². The Morgan fingerprint density at radius 2 is 1.62 bits per heavy atom. The molecule has 1 aliphatic rings. The van der Waals surface area contributed by atoms with Gasteiger partial charge in [0.15, 0.2) is 17.3 Å². The van der Waals surface area contributed by atoms with Gasteiger partial charge in [-0.25, -0.2) is 0 Å². The van der Waals surface area contributed by atoms with Crippen LogP contribution in [0.25, 0.3) is 22.0 Å². The molecule has 0 amide bonds. The second-order valence-corrected chi connectivity index (χ2v) is 6.71. The van der Waals surface area contributed by atoms with Crippen LogP contribution in [0.2, 0.25) is 0 Å². The number of benzene rings is 2. The summed E-state index contributed by atoms with van der Waals surface area (Å²) in [5.74, 6) is 0.736. The van der Waals surface area contributed by atoms with Crippen molar-refractivity contribution in [3.63, 3.8) is 0 Å². The van der Waals surface area contributed by atoms with E-state index >= 15 is 0 Å². The van der Waals surface area contributed by atoms with Crippen LogP contribution in [0.5, 0.6) is 11.5 Å². The molecule has 1 aliphatic carbocycles. The van der Waals surface area contributed by atoms with E-state index in [0.29, 0.717) is 69.9 Å². The zero-order valence-electron chi connectivity index (χ0n) is 16.2. The predicted molar refractivity (Wildman–Crippen MR) is 116 cm³/mol. The Hall–Kier alpha value is -3.03. The second kappa shape index (κ2) is 7.77. The van der Waals surface area contributed by atoms with E-state index in [0.717, 1.165) is 0 Å². The molecule has 0 unspecified atom stereocenters. The highest BCUT2D eigenvalue weighted by Crippen LogP contribution is 2.42. The summed E-state index contributed by atoms with van der Waals surface area (Å²) in [5, 5.41) is 0.948. The average Bonchev–Trinajstić information content (AvgIpc) is 2.99. The summed E-state index contributed by atoms with van der Waals surface area (Å²) in [6.45, 7) is 0.854. The molecule has 4 N–H and O–H groups in total. The number of hydrogen-bond donors (Lipinski definition) is 2. The van der Waals surface area contributed by atoms with Crippen LogP contribution in [0, 0.1) is 0 Å². The van der Waals surface area contributed by atoms with E-state index in [1.165, 1.54) is 14.2 Å². The van der Waals surface area contributed by atoms with Gasteiger partial charge in [-0.2, -0.15) is 0 Å². The number of rotatable bonds is 5. The number of pyridine rings is 1. The normalized spacial score (nSPS) is 11.8. The molecular weight excluding hydrogens is 394 g/mol. The van der Waals surface area contributed by atoms with Gasteiger partial charge in [-0.15, -0.1) is 12.4 Å². The molecule has 0 aliphatic heterocycles. The van der Waals surface area contributed by atoms with Crippen LogP contribution in [0.4, 0.5) is 5.69 Å². The zero-order chi connectivity index (χ0) is 20.0. The van der Waals surface area contributed by atoms with Gasteiger partial charge in [0, 0.05) is 28.7 Å². The number of carbonyl (C=O) groups excluding carboxylic acids is 1. The molecule has 0 saturated carbocycles. The molecule has 152 valence electrons. The molecular formula is C21H22ClN3O4. The number of methoxy groups -OCH3 is 2.